The molecule has 0 aliphatic heterocycles. The van der Waals surface area contributed by atoms with Gasteiger partial charge in [0.25, 0.3) is 0 Å². The van der Waals surface area contributed by atoms with E-state index in [-0.39, 0.29) is 21.7 Å². The van der Waals surface area contributed by atoms with Crippen LogP contribution in [-0.4, -0.2) is 8.42 Å². The lowest BCUT2D eigenvalue weighted by Crippen LogP contribution is -2.22. The van der Waals surface area contributed by atoms with Crippen LogP contribution in [0, 0.1) is 0 Å². The predicted octanol–water partition coefficient (Wildman–Crippen LogP) is 3.72. The zero-order chi connectivity index (χ0) is 14.0. The second-order valence-corrected chi connectivity index (χ2v) is 6.56. The Labute approximate surface area is 125 Å². The smallest absolute Gasteiger partial charge is 0.241 e. The van der Waals surface area contributed by atoms with E-state index in [9.17, 15) is 8.42 Å². The normalized spacial score (nSPS) is 11.7. The summed E-state index contributed by atoms with van der Waals surface area (Å²) in [5.74, 6) is 0.411. The van der Waals surface area contributed by atoms with E-state index in [2.05, 4.69) is 4.72 Å². The summed E-state index contributed by atoms with van der Waals surface area (Å²) in [4.78, 5) is 0.0274. The standard InChI is InChI=1S/C11H8Cl3NO3S/c12-9-3-2-8(5-10(9)13)19(16,17)15-6-7-1-4-11(14)18-7/h1-5,15H,6H2. The molecule has 0 amide bonds. The highest BCUT2D eigenvalue weighted by atomic mass is 35.5. The zero-order valence-corrected chi connectivity index (χ0v) is 12.4. The molecule has 1 aromatic heterocycles. The lowest BCUT2D eigenvalue weighted by atomic mass is 10.4. The van der Waals surface area contributed by atoms with Crippen LogP contribution in [0.15, 0.2) is 39.6 Å². The molecule has 19 heavy (non-hydrogen) atoms. The van der Waals surface area contributed by atoms with Crippen LogP contribution in [0.4, 0.5) is 0 Å². The van der Waals surface area contributed by atoms with Gasteiger partial charge in [-0.1, -0.05) is 23.2 Å². The fraction of sp³-hybridized carbons (Fsp3) is 0.0909. The monoisotopic (exact) mass is 339 g/mol. The summed E-state index contributed by atoms with van der Waals surface area (Å²) in [5, 5.41) is 0.660. The van der Waals surface area contributed by atoms with E-state index >= 15 is 0 Å². The highest BCUT2D eigenvalue weighted by Gasteiger charge is 2.16. The molecule has 0 radical (unpaired) electrons. The van der Waals surface area contributed by atoms with Gasteiger partial charge in [0.15, 0.2) is 5.22 Å². The van der Waals surface area contributed by atoms with Crippen molar-refractivity contribution >= 4 is 44.8 Å². The van der Waals surface area contributed by atoms with Crippen LogP contribution in [0.3, 0.4) is 0 Å². The summed E-state index contributed by atoms with van der Waals surface area (Å²) in [6.45, 7) is -0.00466. The van der Waals surface area contributed by atoms with Crippen LogP contribution >= 0.6 is 34.8 Å². The molecule has 2 aromatic rings. The number of hydrogen-bond donors (Lipinski definition) is 1. The third-order valence-electron chi connectivity index (χ3n) is 2.27. The maximum absolute atomic E-state index is 12.0. The van der Waals surface area contributed by atoms with Crippen molar-refractivity contribution in [2.45, 2.75) is 11.4 Å². The van der Waals surface area contributed by atoms with Crippen LogP contribution in [0.2, 0.25) is 15.3 Å². The van der Waals surface area contributed by atoms with E-state index in [4.69, 9.17) is 39.2 Å². The van der Waals surface area contributed by atoms with E-state index in [1.165, 1.54) is 24.3 Å². The van der Waals surface area contributed by atoms with Crippen molar-refractivity contribution in [1.82, 2.24) is 4.72 Å². The molecule has 1 aromatic carbocycles. The van der Waals surface area contributed by atoms with Gasteiger partial charge in [0.2, 0.25) is 10.0 Å². The van der Waals surface area contributed by atoms with Crippen molar-refractivity contribution < 1.29 is 12.8 Å². The fourth-order valence-corrected chi connectivity index (χ4v) is 2.88. The third kappa shape index (κ3) is 3.64. The van der Waals surface area contributed by atoms with Crippen molar-refractivity contribution in [2.24, 2.45) is 0 Å². The van der Waals surface area contributed by atoms with E-state index in [1.54, 1.807) is 6.07 Å². The summed E-state index contributed by atoms with van der Waals surface area (Å²) in [5.41, 5.74) is 0. The summed E-state index contributed by atoms with van der Waals surface area (Å²) in [6.07, 6.45) is 0. The first-order chi connectivity index (χ1) is 8.88. The van der Waals surface area contributed by atoms with Gasteiger partial charge >= 0.3 is 0 Å². The molecule has 8 heteroatoms. The Bertz CT molecular complexity index is 697. The van der Waals surface area contributed by atoms with Crippen LogP contribution in [0.1, 0.15) is 5.76 Å². The highest BCUT2D eigenvalue weighted by Crippen LogP contribution is 2.24. The van der Waals surface area contributed by atoms with Crippen molar-refractivity contribution in [3.63, 3.8) is 0 Å². The minimum atomic E-state index is -3.68. The van der Waals surface area contributed by atoms with E-state index in [0.29, 0.717) is 10.8 Å². The van der Waals surface area contributed by atoms with E-state index in [0.717, 1.165) is 0 Å². The number of furan rings is 1. The highest BCUT2D eigenvalue weighted by molar-refractivity contribution is 7.89. The molecule has 0 saturated heterocycles. The summed E-state index contributed by atoms with van der Waals surface area (Å²) >= 11 is 17.1. The first kappa shape index (κ1) is 14.7. The second kappa shape index (κ2) is 5.73. The molecule has 0 aliphatic carbocycles. The molecule has 0 aliphatic rings. The topological polar surface area (TPSA) is 59.3 Å². The Balaban J connectivity index is 2.16. The third-order valence-corrected chi connectivity index (χ3v) is 4.61. The summed E-state index contributed by atoms with van der Waals surface area (Å²) in [6, 6.07) is 7.18. The van der Waals surface area contributed by atoms with Gasteiger partial charge in [-0.05, 0) is 41.9 Å². The van der Waals surface area contributed by atoms with Crippen LogP contribution in [0.25, 0.3) is 0 Å². The van der Waals surface area contributed by atoms with E-state index in [1.807, 2.05) is 0 Å². The summed E-state index contributed by atoms with van der Waals surface area (Å²) < 4.78 is 31.4. The number of benzene rings is 1. The lowest BCUT2D eigenvalue weighted by molar-refractivity contribution is 0.500. The molecular weight excluding hydrogens is 333 g/mol. The molecule has 2 rings (SSSR count). The maximum atomic E-state index is 12.0. The molecule has 0 saturated carbocycles. The minimum Gasteiger partial charge on any atom is -0.448 e. The first-order valence-corrected chi connectivity index (χ1v) is 7.69. The molecule has 0 bridgehead atoms. The first-order valence-electron chi connectivity index (χ1n) is 5.07. The SMILES string of the molecule is O=S(=O)(NCc1ccc(Cl)o1)c1ccc(Cl)c(Cl)c1. The molecule has 1 N–H and O–H groups in total. The molecule has 0 fully saturated rings. The van der Waals surface area contributed by atoms with Crippen molar-refractivity contribution in [3.8, 4) is 0 Å². The zero-order valence-electron chi connectivity index (χ0n) is 9.36. The number of halogens is 3. The van der Waals surface area contributed by atoms with Crippen molar-refractivity contribution in [2.75, 3.05) is 0 Å². The number of rotatable bonds is 4. The van der Waals surface area contributed by atoms with E-state index < -0.39 is 10.0 Å². The molecule has 102 valence electrons. The lowest BCUT2D eigenvalue weighted by Gasteiger charge is -2.06. The predicted molar refractivity (Wildman–Crippen MR) is 74.2 cm³/mol. The van der Waals surface area contributed by atoms with Crippen LogP contribution < -0.4 is 4.72 Å². The Kier molecular flexibility index (Phi) is 4.43. The quantitative estimate of drug-likeness (QED) is 0.923. The molecule has 1 heterocycles. The van der Waals surface area contributed by atoms with Gasteiger partial charge in [0.1, 0.15) is 5.76 Å². The Hall–Kier alpha value is -0.720. The van der Waals surface area contributed by atoms with Gasteiger partial charge in [-0.25, -0.2) is 13.1 Å². The van der Waals surface area contributed by atoms with Gasteiger partial charge in [-0.2, -0.15) is 0 Å². The number of sulfonamides is 1. The Morgan fingerprint density at radius 1 is 1.05 bits per heavy atom. The molecule has 0 atom stereocenters. The molecular formula is C11H8Cl3NO3S. The fourth-order valence-electron chi connectivity index (χ4n) is 1.34. The van der Waals surface area contributed by atoms with Crippen LogP contribution in [0.5, 0.6) is 0 Å². The van der Waals surface area contributed by atoms with Gasteiger partial charge in [0.05, 0.1) is 21.5 Å². The van der Waals surface area contributed by atoms with Crippen molar-refractivity contribution in [1.29, 1.82) is 0 Å². The van der Waals surface area contributed by atoms with Gasteiger partial charge in [-0.15, -0.1) is 0 Å². The van der Waals surface area contributed by atoms with Crippen LogP contribution in [-0.2, 0) is 16.6 Å². The average molecular weight is 341 g/mol. The van der Waals surface area contributed by atoms with Gasteiger partial charge in [-0.3, -0.25) is 0 Å². The molecule has 0 spiro atoms. The maximum Gasteiger partial charge on any atom is 0.241 e. The number of nitrogens with one attached hydrogen (secondary N) is 1. The largest absolute Gasteiger partial charge is 0.448 e. The van der Waals surface area contributed by atoms with Gasteiger partial charge < -0.3 is 4.42 Å². The average Bonchev–Trinajstić information content (AvgIpc) is 2.76. The molecule has 0 unspecified atom stereocenters. The van der Waals surface area contributed by atoms with Gasteiger partial charge in [0, 0.05) is 0 Å². The Morgan fingerprint density at radius 2 is 1.79 bits per heavy atom. The Morgan fingerprint density at radius 3 is 2.37 bits per heavy atom. The van der Waals surface area contributed by atoms with Crippen molar-refractivity contribution in [3.05, 3.63) is 51.4 Å². The second-order valence-electron chi connectivity index (χ2n) is 3.61. The molecule has 4 nitrogen and oxygen atoms in total. The summed E-state index contributed by atoms with van der Waals surface area (Å²) in [7, 11) is -3.68. The number of hydrogen-bond acceptors (Lipinski definition) is 3. The minimum absolute atomic E-state index is 0.00466.